The number of hydrogen-bond donors (Lipinski definition) is 1. The van der Waals surface area contributed by atoms with Gasteiger partial charge in [-0.2, -0.15) is 0 Å². The molecule has 9 heteroatoms. The monoisotopic (exact) mass is 678 g/mol. The van der Waals surface area contributed by atoms with Crippen molar-refractivity contribution in [2.24, 2.45) is 0 Å². The van der Waals surface area contributed by atoms with Crippen LogP contribution in [0.5, 0.6) is 0 Å². The lowest BCUT2D eigenvalue weighted by Crippen LogP contribution is -2.44. The first-order chi connectivity index (χ1) is 23.3. The van der Waals surface area contributed by atoms with E-state index in [1.807, 2.05) is 43.3 Å². The Balaban J connectivity index is 1.21. The minimum absolute atomic E-state index is 0.0926. The van der Waals surface area contributed by atoms with E-state index in [-0.39, 0.29) is 5.91 Å². The van der Waals surface area contributed by atoms with Gasteiger partial charge in [0.25, 0.3) is 5.91 Å². The highest BCUT2D eigenvalue weighted by Gasteiger charge is 2.41. The molecule has 1 fully saturated rings. The molecule has 2 aromatic heterocycles. The van der Waals surface area contributed by atoms with Crippen LogP contribution in [0.2, 0.25) is 0 Å². The molecule has 49 heavy (non-hydrogen) atoms. The fourth-order valence-corrected chi connectivity index (χ4v) is 9.59. The highest BCUT2D eigenvalue weighted by molar-refractivity contribution is 7.91. The van der Waals surface area contributed by atoms with Crippen molar-refractivity contribution in [2.45, 2.75) is 82.2 Å². The summed E-state index contributed by atoms with van der Waals surface area (Å²) < 4.78 is 29.5. The maximum Gasteiger partial charge on any atom is 0.253 e. The molecule has 4 aromatic rings. The number of pyridine rings is 1. The number of nitrogens with zero attached hydrogens (tertiary/aromatic N) is 4. The highest BCUT2D eigenvalue weighted by atomic mass is 32.2. The van der Waals surface area contributed by atoms with Gasteiger partial charge in [0, 0.05) is 62.1 Å². The van der Waals surface area contributed by atoms with Crippen LogP contribution in [-0.2, 0) is 23.0 Å². The predicted octanol–water partition coefficient (Wildman–Crippen LogP) is 6.75. The summed E-state index contributed by atoms with van der Waals surface area (Å²) in [4.78, 5) is 21.1. The molecule has 3 aliphatic rings. The van der Waals surface area contributed by atoms with E-state index in [2.05, 4.69) is 35.0 Å². The molecule has 3 heterocycles. The summed E-state index contributed by atoms with van der Waals surface area (Å²) >= 11 is 0. The Labute approximate surface area is 289 Å². The number of rotatable bonds is 6. The highest BCUT2D eigenvalue weighted by Crippen LogP contribution is 2.40. The first kappa shape index (κ1) is 33.4. The van der Waals surface area contributed by atoms with Crippen LogP contribution >= 0.6 is 0 Å². The molecule has 1 amide bonds. The Morgan fingerprint density at radius 1 is 1.04 bits per heavy atom. The Hall–Kier alpha value is -4.05. The zero-order valence-electron chi connectivity index (χ0n) is 29.1. The van der Waals surface area contributed by atoms with E-state index in [9.17, 15) is 18.3 Å². The number of aromatic nitrogens is 2. The van der Waals surface area contributed by atoms with E-state index in [0.717, 1.165) is 72.8 Å². The van der Waals surface area contributed by atoms with Crippen LogP contribution < -0.4 is 0 Å². The Morgan fingerprint density at radius 2 is 1.78 bits per heavy atom. The third kappa shape index (κ3) is 6.06. The summed E-state index contributed by atoms with van der Waals surface area (Å²) in [5, 5.41) is 11.2. The van der Waals surface area contributed by atoms with Crippen molar-refractivity contribution in [3.05, 3.63) is 107 Å². The summed E-state index contributed by atoms with van der Waals surface area (Å²) in [5.74, 6) is -0.0926. The summed E-state index contributed by atoms with van der Waals surface area (Å²) in [5.41, 5.74) is 7.83. The molecule has 0 spiro atoms. The van der Waals surface area contributed by atoms with Crippen LogP contribution in [0.1, 0.15) is 78.6 Å². The summed E-state index contributed by atoms with van der Waals surface area (Å²) in [6, 6.07) is 15.9. The summed E-state index contributed by atoms with van der Waals surface area (Å²) in [7, 11) is -0.542. The van der Waals surface area contributed by atoms with E-state index in [4.69, 9.17) is 0 Å². The molecular weight excluding hydrogens is 633 g/mol. The molecule has 1 atom stereocenters. The first-order valence-corrected chi connectivity index (χ1v) is 18.7. The second kappa shape index (κ2) is 12.4. The van der Waals surface area contributed by atoms with Crippen LogP contribution in [-0.4, -0.2) is 75.2 Å². The van der Waals surface area contributed by atoms with Gasteiger partial charge in [0.15, 0.2) is 5.65 Å². The molecule has 1 unspecified atom stereocenters. The standard InChI is InChI=1S/C40H46N4O4S/c1-27-22-31(23-32-25-43(21-16-34(27)32)33-14-18-39(2,46)19-15-33)30-8-6-17-40(3,24-30)49(47,48)44-26-36(35-9-7-20-41-37(35)44)28-10-12-29(13-11-28)38(45)42(4)5/h6-13,20,22-24,26,33,46H,14-19,21,25H2,1-5H3. The number of aliphatic hydroxyl groups is 1. The molecule has 1 N–H and O–H groups in total. The lowest BCUT2D eigenvalue weighted by molar-refractivity contribution is -0.00767. The fourth-order valence-electron chi connectivity index (χ4n) is 7.94. The smallest absolute Gasteiger partial charge is 0.253 e. The second-order valence-corrected chi connectivity index (χ2v) is 17.2. The number of amides is 1. The van der Waals surface area contributed by atoms with Crippen LogP contribution in [0.3, 0.4) is 0 Å². The first-order valence-electron chi connectivity index (χ1n) is 17.3. The van der Waals surface area contributed by atoms with Gasteiger partial charge in [0.1, 0.15) is 4.75 Å². The Kier molecular flexibility index (Phi) is 8.45. The van der Waals surface area contributed by atoms with Gasteiger partial charge in [-0.15, -0.1) is 0 Å². The third-order valence-corrected chi connectivity index (χ3v) is 13.2. The van der Waals surface area contributed by atoms with Gasteiger partial charge in [-0.3, -0.25) is 9.69 Å². The number of carbonyl (C=O) groups is 1. The molecule has 2 aromatic carbocycles. The Morgan fingerprint density at radius 3 is 2.49 bits per heavy atom. The molecule has 256 valence electrons. The maximum atomic E-state index is 14.7. The van der Waals surface area contributed by atoms with Crippen LogP contribution in [0.15, 0.2) is 79.2 Å². The lowest BCUT2D eigenvalue weighted by Gasteiger charge is -2.41. The van der Waals surface area contributed by atoms with Gasteiger partial charge in [0.05, 0.1) is 5.60 Å². The van der Waals surface area contributed by atoms with Gasteiger partial charge in [-0.25, -0.2) is 17.4 Å². The molecular formula is C40H46N4O4S. The molecule has 7 rings (SSSR count). The van der Waals surface area contributed by atoms with E-state index >= 15 is 0 Å². The average molecular weight is 679 g/mol. The van der Waals surface area contributed by atoms with Crippen molar-refractivity contribution in [3.63, 3.8) is 0 Å². The third-order valence-electron chi connectivity index (χ3n) is 11.0. The van der Waals surface area contributed by atoms with Crippen molar-refractivity contribution in [1.29, 1.82) is 0 Å². The minimum atomic E-state index is -3.97. The van der Waals surface area contributed by atoms with Gasteiger partial charge in [-0.05, 0) is 123 Å². The number of benzene rings is 2. The van der Waals surface area contributed by atoms with Crippen LogP contribution in [0.4, 0.5) is 0 Å². The number of hydrogen-bond acceptors (Lipinski definition) is 6. The summed E-state index contributed by atoms with van der Waals surface area (Å²) in [6.07, 6.45) is 14.3. The van der Waals surface area contributed by atoms with Crippen molar-refractivity contribution in [2.75, 3.05) is 20.6 Å². The fraction of sp³-hybridized carbons (Fsp3) is 0.400. The van der Waals surface area contributed by atoms with Gasteiger partial charge >= 0.3 is 0 Å². The Bertz CT molecular complexity index is 2100. The predicted molar refractivity (Wildman–Crippen MR) is 196 cm³/mol. The molecule has 0 bridgehead atoms. The van der Waals surface area contributed by atoms with Gasteiger partial charge < -0.3 is 10.0 Å². The van der Waals surface area contributed by atoms with E-state index in [0.29, 0.717) is 23.7 Å². The topological polar surface area (TPSA) is 95.7 Å². The number of allylic oxidation sites excluding steroid dienone is 3. The molecule has 1 saturated carbocycles. The van der Waals surface area contributed by atoms with Crippen LogP contribution in [0, 0.1) is 6.92 Å². The SMILES string of the molecule is Cc1cc(C2=CC(C)(S(=O)(=O)n3cc(-c4ccc(C(=O)N(C)C)cc4)c4cccnc43)CC=C2)cc2c1CCN(C1CCC(C)(O)CC1)C2. The zero-order valence-corrected chi connectivity index (χ0v) is 29.9. The summed E-state index contributed by atoms with van der Waals surface area (Å²) in [6.45, 7) is 7.82. The van der Waals surface area contributed by atoms with E-state index < -0.39 is 20.4 Å². The molecule has 0 saturated heterocycles. The molecule has 1 aliphatic heterocycles. The van der Waals surface area contributed by atoms with Crippen molar-refractivity contribution < 1.29 is 18.3 Å². The normalized spacial score (nSPS) is 24.4. The van der Waals surface area contributed by atoms with Crippen molar-refractivity contribution in [1.82, 2.24) is 18.8 Å². The largest absolute Gasteiger partial charge is 0.390 e. The quantitative estimate of drug-likeness (QED) is 0.243. The second-order valence-electron chi connectivity index (χ2n) is 14.9. The van der Waals surface area contributed by atoms with Crippen LogP contribution in [0.25, 0.3) is 27.7 Å². The van der Waals surface area contributed by atoms with E-state index in [1.54, 1.807) is 45.5 Å². The van der Waals surface area contributed by atoms with E-state index in [1.165, 1.54) is 25.6 Å². The molecule has 2 aliphatic carbocycles. The molecule has 8 nitrogen and oxygen atoms in total. The number of carbonyl (C=O) groups excluding carboxylic acids is 1. The number of aryl methyl sites for hydroxylation is 1. The van der Waals surface area contributed by atoms with Crippen molar-refractivity contribution in [3.8, 4) is 11.1 Å². The average Bonchev–Trinajstić information content (AvgIpc) is 3.48. The van der Waals surface area contributed by atoms with Crippen molar-refractivity contribution >= 4 is 32.5 Å². The lowest BCUT2D eigenvalue weighted by atomic mass is 9.81. The van der Waals surface area contributed by atoms with Gasteiger partial charge in [0.2, 0.25) is 10.0 Å². The molecule has 0 radical (unpaired) electrons. The minimum Gasteiger partial charge on any atom is -0.390 e. The van der Waals surface area contributed by atoms with Gasteiger partial charge in [-0.1, -0.05) is 36.4 Å². The number of fused-ring (bicyclic) bond motifs is 2. The zero-order chi connectivity index (χ0) is 34.7. The maximum absolute atomic E-state index is 14.7.